The van der Waals surface area contributed by atoms with Gasteiger partial charge in [-0.05, 0) is 37.3 Å². The summed E-state index contributed by atoms with van der Waals surface area (Å²) in [6.07, 6.45) is 2.91. The Balaban J connectivity index is 1.82. The van der Waals surface area contributed by atoms with Gasteiger partial charge in [0.15, 0.2) is 0 Å². The number of nitrogens with one attached hydrogen (secondary N) is 2. The normalized spacial score (nSPS) is 17.6. The molecule has 13 nitrogen and oxygen atoms in total. The second-order valence-electron chi connectivity index (χ2n) is 9.96. The van der Waals surface area contributed by atoms with Gasteiger partial charge >= 0.3 is 17.7 Å². The fourth-order valence-electron chi connectivity index (χ4n) is 4.66. The van der Waals surface area contributed by atoms with Gasteiger partial charge in [0.25, 0.3) is 17.8 Å². The van der Waals surface area contributed by atoms with Crippen molar-refractivity contribution in [2.24, 2.45) is 11.8 Å². The van der Waals surface area contributed by atoms with Crippen LogP contribution in [0.3, 0.4) is 0 Å². The summed E-state index contributed by atoms with van der Waals surface area (Å²) in [6.45, 7) is 3.69. The second-order valence-corrected chi connectivity index (χ2v) is 9.96. The molecule has 40 heavy (non-hydrogen) atoms. The first-order chi connectivity index (χ1) is 19.1. The Labute approximate surface area is 230 Å². The van der Waals surface area contributed by atoms with E-state index in [0.29, 0.717) is 23.1 Å². The van der Waals surface area contributed by atoms with Gasteiger partial charge in [-0.3, -0.25) is 14.4 Å². The summed E-state index contributed by atoms with van der Waals surface area (Å²) in [6, 6.07) is 5.19. The first kappa shape index (κ1) is 30.3. The van der Waals surface area contributed by atoms with Crippen LogP contribution in [0.5, 0.6) is 0 Å². The summed E-state index contributed by atoms with van der Waals surface area (Å²) < 4.78 is 14.4. The third-order valence-electron chi connectivity index (χ3n) is 6.67. The molecular weight excluding hydrogens is 524 g/mol. The zero-order chi connectivity index (χ0) is 29.4. The Bertz CT molecular complexity index is 1270. The Morgan fingerprint density at radius 3 is 2.25 bits per heavy atom. The first-order valence-electron chi connectivity index (χ1n) is 13.0. The molecule has 0 bridgehead atoms. The number of hydrogen-bond donors (Lipinski definition) is 2. The van der Waals surface area contributed by atoms with E-state index in [1.165, 1.54) is 0 Å². The van der Waals surface area contributed by atoms with Crippen molar-refractivity contribution in [3.8, 4) is 0 Å². The van der Waals surface area contributed by atoms with Crippen LogP contribution in [0, 0.1) is 11.8 Å². The number of esters is 2. The van der Waals surface area contributed by atoms with Gasteiger partial charge in [-0.2, -0.15) is 4.68 Å². The average Bonchev–Trinajstić information content (AvgIpc) is 3.33. The molecule has 1 aliphatic carbocycles. The molecule has 0 spiro atoms. The Hall–Kier alpha value is -4.29. The van der Waals surface area contributed by atoms with Crippen LogP contribution < -0.4 is 16.4 Å². The van der Waals surface area contributed by atoms with Gasteiger partial charge in [-0.1, -0.05) is 44.9 Å². The minimum atomic E-state index is -1.91. The number of ketones is 1. The van der Waals surface area contributed by atoms with Gasteiger partial charge in [0, 0.05) is 11.6 Å². The summed E-state index contributed by atoms with van der Waals surface area (Å²) in [4.78, 5) is 76.2. The zero-order valence-corrected chi connectivity index (χ0v) is 22.9. The number of hydrogen-bond acceptors (Lipinski definition) is 10. The number of rotatable bonds is 11. The quantitative estimate of drug-likeness (QED) is 0.233. The van der Waals surface area contributed by atoms with Crippen molar-refractivity contribution in [3.05, 3.63) is 52.3 Å². The van der Waals surface area contributed by atoms with Crippen LogP contribution in [0.1, 0.15) is 73.0 Å². The van der Waals surface area contributed by atoms with E-state index in [1.807, 2.05) is 13.8 Å². The molecule has 1 fully saturated rings. The van der Waals surface area contributed by atoms with E-state index < -0.39 is 59.3 Å². The summed E-state index contributed by atoms with van der Waals surface area (Å²) in [7, 11) is 2.01. The number of benzene rings is 1. The summed E-state index contributed by atoms with van der Waals surface area (Å²) in [5.74, 6) is -6.41. The fraction of sp³-hybridized carbons (Fsp3) is 0.519. The molecule has 2 amide bonds. The maximum Gasteiger partial charge on any atom is 0.438 e. The summed E-state index contributed by atoms with van der Waals surface area (Å²) in [5, 5.41) is 9.46. The number of methoxy groups -OCH3 is 2. The molecule has 2 N–H and O–H groups in total. The third-order valence-corrected chi connectivity index (χ3v) is 6.67. The van der Waals surface area contributed by atoms with Gasteiger partial charge in [-0.15, -0.1) is 5.10 Å². The maximum absolute atomic E-state index is 13.4. The lowest BCUT2D eigenvalue weighted by atomic mass is 9.83. The van der Waals surface area contributed by atoms with Crippen LogP contribution in [0.2, 0.25) is 0 Å². The lowest BCUT2D eigenvalue weighted by Gasteiger charge is -2.32. The monoisotopic (exact) mass is 558 g/mol. The van der Waals surface area contributed by atoms with Gasteiger partial charge in [0.05, 0.1) is 26.2 Å². The molecule has 3 atom stereocenters. The largest absolute Gasteiger partial charge is 0.467 e. The SMILES string of the molecule is COC(=O)C(C(=O)OC)n1nc(C(=O)[C@H](CC(C)C)NC(=O)[C@@H]2CCCC[C@@H]2NC(=O)c2ccccc2)oc1=O. The van der Waals surface area contributed by atoms with Crippen molar-refractivity contribution in [1.29, 1.82) is 0 Å². The molecule has 0 radical (unpaired) electrons. The van der Waals surface area contributed by atoms with E-state index in [1.54, 1.807) is 30.3 Å². The zero-order valence-electron chi connectivity index (χ0n) is 22.9. The maximum atomic E-state index is 13.4. The number of carbonyl (C=O) groups excluding carboxylic acids is 5. The Morgan fingerprint density at radius 1 is 1.02 bits per heavy atom. The molecule has 216 valence electrons. The highest BCUT2D eigenvalue weighted by Crippen LogP contribution is 2.26. The van der Waals surface area contributed by atoms with Gasteiger partial charge in [-0.25, -0.2) is 14.4 Å². The molecule has 3 rings (SSSR count). The minimum absolute atomic E-state index is 0.0547. The van der Waals surface area contributed by atoms with E-state index in [0.717, 1.165) is 27.1 Å². The van der Waals surface area contributed by atoms with Crippen LogP contribution in [0.15, 0.2) is 39.5 Å². The van der Waals surface area contributed by atoms with Crippen molar-refractivity contribution >= 4 is 29.5 Å². The number of Topliss-reactive ketones (excluding diaryl/α,β-unsaturated/α-hetero) is 1. The molecule has 13 heteroatoms. The highest BCUT2D eigenvalue weighted by atomic mass is 16.5. The lowest BCUT2D eigenvalue weighted by Crippen LogP contribution is -2.52. The molecule has 1 saturated carbocycles. The molecule has 2 aromatic rings. The van der Waals surface area contributed by atoms with Crippen LogP contribution in [-0.4, -0.2) is 65.6 Å². The highest BCUT2D eigenvalue weighted by Gasteiger charge is 2.38. The minimum Gasteiger partial charge on any atom is -0.467 e. The smallest absolute Gasteiger partial charge is 0.438 e. The molecular formula is C27H34N4O9. The third kappa shape index (κ3) is 7.21. The van der Waals surface area contributed by atoms with E-state index in [9.17, 15) is 28.8 Å². The predicted molar refractivity (Wildman–Crippen MR) is 139 cm³/mol. The predicted octanol–water partition coefficient (Wildman–Crippen LogP) is 1.43. The number of aromatic nitrogens is 2. The van der Waals surface area contributed by atoms with Crippen molar-refractivity contribution in [3.63, 3.8) is 0 Å². The molecule has 1 aliphatic rings. The van der Waals surface area contributed by atoms with Crippen molar-refractivity contribution in [1.82, 2.24) is 20.4 Å². The Kier molecular flexibility index (Phi) is 10.3. The van der Waals surface area contributed by atoms with Gasteiger partial charge in [0.1, 0.15) is 0 Å². The number of carbonyl (C=O) groups is 5. The van der Waals surface area contributed by atoms with E-state index in [2.05, 4.69) is 25.2 Å². The van der Waals surface area contributed by atoms with Crippen molar-refractivity contribution < 1.29 is 37.9 Å². The van der Waals surface area contributed by atoms with Crippen molar-refractivity contribution in [2.45, 2.75) is 64.1 Å². The molecule has 0 saturated heterocycles. The van der Waals surface area contributed by atoms with Gasteiger partial charge < -0.3 is 24.5 Å². The van der Waals surface area contributed by atoms with Crippen LogP contribution >= 0.6 is 0 Å². The van der Waals surface area contributed by atoms with Crippen LogP contribution in [-0.2, 0) is 23.9 Å². The van der Waals surface area contributed by atoms with E-state index >= 15 is 0 Å². The lowest BCUT2D eigenvalue weighted by molar-refractivity contribution is -0.158. The molecule has 0 aliphatic heterocycles. The molecule has 1 aromatic heterocycles. The molecule has 1 aromatic carbocycles. The standard InChI is InChI=1S/C27H34N4O9/c1-15(2)14-19(21(32)24-30-31(27(37)40-24)20(25(35)38-3)26(36)39-4)29-23(34)17-12-8-9-13-18(17)28-22(33)16-10-6-5-7-11-16/h5-7,10-11,15,17-20H,8-9,12-14H2,1-4H3,(H,28,33)(H,29,34)/t17-,18+,19+/m1/s1. The fourth-order valence-corrected chi connectivity index (χ4v) is 4.66. The molecule has 1 heterocycles. The summed E-state index contributed by atoms with van der Waals surface area (Å²) >= 11 is 0. The van der Waals surface area contributed by atoms with Gasteiger partial charge in [0.2, 0.25) is 11.7 Å². The van der Waals surface area contributed by atoms with E-state index in [-0.39, 0.29) is 18.2 Å². The first-order valence-corrected chi connectivity index (χ1v) is 13.0. The molecule has 0 unspecified atom stereocenters. The summed E-state index contributed by atoms with van der Waals surface area (Å²) in [5.41, 5.74) is 0.475. The second kappa shape index (κ2) is 13.7. The number of amides is 2. The van der Waals surface area contributed by atoms with Crippen LogP contribution in [0.4, 0.5) is 0 Å². The van der Waals surface area contributed by atoms with Crippen molar-refractivity contribution in [2.75, 3.05) is 14.2 Å². The number of ether oxygens (including phenoxy) is 2. The van der Waals surface area contributed by atoms with Crippen LogP contribution in [0.25, 0.3) is 0 Å². The Morgan fingerprint density at radius 2 is 1.65 bits per heavy atom. The van der Waals surface area contributed by atoms with E-state index in [4.69, 9.17) is 4.42 Å². The topological polar surface area (TPSA) is 176 Å². The number of nitrogens with zero attached hydrogens (tertiary/aromatic N) is 2. The highest BCUT2D eigenvalue weighted by molar-refractivity contribution is 6.00. The average molecular weight is 559 g/mol.